The highest BCUT2D eigenvalue weighted by molar-refractivity contribution is 5.99. The molecule has 2 aromatic carbocycles. The summed E-state index contributed by atoms with van der Waals surface area (Å²) in [6, 6.07) is 13.0. The van der Waals surface area contributed by atoms with Gasteiger partial charge in [-0.05, 0) is 42.7 Å². The predicted octanol–water partition coefficient (Wildman–Crippen LogP) is 3.22. The molecule has 1 aromatic heterocycles. The molecule has 1 fully saturated rings. The average molecular weight is 377 g/mol. The predicted molar refractivity (Wildman–Crippen MR) is 102 cm³/mol. The van der Waals surface area contributed by atoms with Crippen LogP contribution < -0.4 is 5.43 Å². The lowest BCUT2D eigenvalue weighted by Gasteiger charge is -2.27. The molecule has 0 bridgehead atoms. The zero-order chi connectivity index (χ0) is 19.3. The minimum absolute atomic E-state index is 0.0670. The maximum absolute atomic E-state index is 13.3. The number of para-hydroxylation sites is 1. The van der Waals surface area contributed by atoms with Crippen molar-refractivity contribution in [3.8, 4) is 5.75 Å². The number of carbonyl (C=O) groups excluding carboxylic acids is 1. The Hall–Kier alpha value is -3.12. The van der Waals surface area contributed by atoms with Gasteiger partial charge >= 0.3 is 0 Å². The van der Waals surface area contributed by atoms with E-state index in [1.807, 2.05) is 6.07 Å². The van der Waals surface area contributed by atoms with E-state index in [0.29, 0.717) is 35.2 Å². The standard InChI is InChI=1S/C22H19NO5/c24-14-6-3-5-13(11-14)19-18-20(25)16-8-1-2-9-17(16)28-21(18)22(26)23(19)12-15-7-4-10-27-15/h1-3,5-6,8-9,11,15,19,24H,4,7,10,12H2/t15-,19+/m0/s1. The number of phenolic OH excluding ortho intramolecular Hbond substituents is 1. The van der Waals surface area contributed by atoms with Gasteiger partial charge in [-0.3, -0.25) is 9.59 Å². The fourth-order valence-electron chi connectivity index (χ4n) is 4.20. The van der Waals surface area contributed by atoms with E-state index in [2.05, 4.69) is 0 Å². The maximum atomic E-state index is 13.3. The Balaban J connectivity index is 1.71. The van der Waals surface area contributed by atoms with E-state index in [4.69, 9.17) is 9.15 Å². The number of amides is 1. The lowest BCUT2D eigenvalue weighted by atomic mass is 9.98. The van der Waals surface area contributed by atoms with Crippen molar-refractivity contribution < 1.29 is 19.1 Å². The van der Waals surface area contributed by atoms with Gasteiger partial charge in [0.05, 0.1) is 23.1 Å². The topological polar surface area (TPSA) is 80.0 Å². The summed E-state index contributed by atoms with van der Waals surface area (Å²) in [5, 5.41) is 10.4. The molecule has 0 unspecified atom stereocenters. The second kappa shape index (κ2) is 6.49. The third kappa shape index (κ3) is 2.60. The Kier molecular flexibility index (Phi) is 3.94. The molecule has 1 amide bonds. The Morgan fingerprint density at radius 3 is 2.75 bits per heavy atom. The highest BCUT2D eigenvalue weighted by Gasteiger charge is 2.43. The molecule has 2 atom stereocenters. The number of rotatable bonds is 3. The van der Waals surface area contributed by atoms with Crippen LogP contribution in [0.4, 0.5) is 0 Å². The van der Waals surface area contributed by atoms with Crippen molar-refractivity contribution in [2.24, 2.45) is 0 Å². The number of phenols is 1. The molecule has 142 valence electrons. The van der Waals surface area contributed by atoms with Gasteiger partial charge in [0.2, 0.25) is 5.76 Å². The van der Waals surface area contributed by atoms with Crippen LogP contribution in [0.3, 0.4) is 0 Å². The highest BCUT2D eigenvalue weighted by atomic mass is 16.5. The maximum Gasteiger partial charge on any atom is 0.291 e. The third-order valence-corrected chi connectivity index (χ3v) is 5.48. The molecule has 0 spiro atoms. The molecule has 2 aliphatic heterocycles. The molecule has 2 aliphatic rings. The summed E-state index contributed by atoms with van der Waals surface area (Å²) >= 11 is 0. The molecule has 3 aromatic rings. The van der Waals surface area contributed by atoms with E-state index in [-0.39, 0.29) is 28.9 Å². The van der Waals surface area contributed by atoms with Gasteiger partial charge in [-0.15, -0.1) is 0 Å². The van der Waals surface area contributed by atoms with Crippen LogP contribution in [0.2, 0.25) is 0 Å². The molecule has 5 rings (SSSR count). The lowest BCUT2D eigenvalue weighted by molar-refractivity contribution is 0.0486. The SMILES string of the molecule is O=C1c2oc3ccccc3c(=O)c2[C@@H](c2cccc(O)c2)N1C[C@@H]1CCCO1. The van der Waals surface area contributed by atoms with Crippen molar-refractivity contribution in [3.05, 3.63) is 75.6 Å². The first-order valence-corrected chi connectivity index (χ1v) is 9.41. The first kappa shape index (κ1) is 17.0. The number of benzene rings is 2. The van der Waals surface area contributed by atoms with Crippen molar-refractivity contribution in [2.75, 3.05) is 13.2 Å². The Morgan fingerprint density at radius 2 is 1.96 bits per heavy atom. The fraction of sp³-hybridized carbons (Fsp3) is 0.273. The van der Waals surface area contributed by atoms with Crippen molar-refractivity contribution in [3.63, 3.8) is 0 Å². The van der Waals surface area contributed by atoms with E-state index < -0.39 is 6.04 Å². The van der Waals surface area contributed by atoms with E-state index in [1.165, 1.54) is 0 Å². The number of fused-ring (bicyclic) bond motifs is 2. The van der Waals surface area contributed by atoms with Crippen molar-refractivity contribution in [1.29, 1.82) is 0 Å². The van der Waals surface area contributed by atoms with Crippen LogP contribution in [0.15, 0.2) is 57.7 Å². The van der Waals surface area contributed by atoms with Crippen LogP contribution in [0.25, 0.3) is 11.0 Å². The van der Waals surface area contributed by atoms with Crippen LogP contribution in [0.5, 0.6) is 5.75 Å². The first-order valence-electron chi connectivity index (χ1n) is 9.41. The number of ether oxygens (including phenoxy) is 1. The van der Waals surface area contributed by atoms with Crippen LogP contribution in [0, 0.1) is 0 Å². The quantitative estimate of drug-likeness (QED) is 0.758. The molecule has 6 heteroatoms. The second-order valence-corrected chi connectivity index (χ2v) is 7.26. The van der Waals surface area contributed by atoms with Gasteiger partial charge in [0, 0.05) is 13.2 Å². The fourth-order valence-corrected chi connectivity index (χ4v) is 4.20. The molecule has 0 aliphatic carbocycles. The number of aromatic hydroxyl groups is 1. The van der Waals surface area contributed by atoms with Crippen molar-refractivity contribution in [2.45, 2.75) is 25.0 Å². The summed E-state index contributed by atoms with van der Waals surface area (Å²) in [5.41, 5.74) is 1.18. The highest BCUT2D eigenvalue weighted by Crippen LogP contribution is 2.39. The lowest BCUT2D eigenvalue weighted by Crippen LogP contribution is -2.36. The molecular weight excluding hydrogens is 358 g/mol. The van der Waals surface area contributed by atoms with Crippen LogP contribution in [-0.2, 0) is 4.74 Å². The molecule has 1 saturated heterocycles. The Labute approximate surface area is 161 Å². The zero-order valence-electron chi connectivity index (χ0n) is 15.1. The number of hydrogen-bond acceptors (Lipinski definition) is 5. The number of hydrogen-bond donors (Lipinski definition) is 1. The van der Waals surface area contributed by atoms with Crippen LogP contribution >= 0.6 is 0 Å². The van der Waals surface area contributed by atoms with Crippen LogP contribution in [0.1, 0.15) is 40.6 Å². The molecule has 6 nitrogen and oxygen atoms in total. The monoisotopic (exact) mass is 377 g/mol. The number of nitrogens with zero attached hydrogens (tertiary/aromatic N) is 1. The molecule has 1 N–H and O–H groups in total. The minimum atomic E-state index is -0.611. The van der Waals surface area contributed by atoms with Gasteiger partial charge in [0.25, 0.3) is 5.91 Å². The van der Waals surface area contributed by atoms with E-state index >= 15 is 0 Å². The summed E-state index contributed by atoms with van der Waals surface area (Å²) in [6.45, 7) is 1.05. The van der Waals surface area contributed by atoms with Gasteiger partial charge in [-0.2, -0.15) is 0 Å². The molecule has 0 radical (unpaired) electrons. The summed E-state index contributed by atoms with van der Waals surface area (Å²) in [6.07, 6.45) is 1.76. The molecule has 0 saturated carbocycles. The Bertz CT molecular complexity index is 1130. The first-order chi connectivity index (χ1) is 13.6. The molecule has 28 heavy (non-hydrogen) atoms. The van der Waals surface area contributed by atoms with Gasteiger partial charge < -0.3 is 19.2 Å². The second-order valence-electron chi connectivity index (χ2n) is 7.26. The summed E-state index contributed by atoms with van der Waals surface area (Å²) in [5.74, 6) is -0.155. The number of carbonyl (C=O) groups is 1. The van der Waals surface area contributed by atoms with Crippen molar-refractivity contribution >= 4 is 16.9 Å². The molecule has 3 heterocycles. The van der Waals surface area contributed by atoms with Gasteiger partial charge in [-0.1, -0.05) is 24.3 Å². The average Bonchev–Trinajstić information content (AvgIpc) is 3.30. The normalized spacial score (nSPS) is 21.4. The largest absolute Gasteiger partial charge is 0.508 e. The summed E-state index contributed by atoms with van der Waals surface area (Å²) in [7, 11) is 0. The smallest absolute Gasteiger partial charge is 0.291 e. The summed E-state index contributed by atoms with van der Waals surface area (Å²) in [4.78, 5) is 28.1. The summed E-state index contributed by atoms with van der Waals surface area (Å²) < 4.78 is 11.6. The Morgan fingerprint density at radius 1 is 1.11 bits per heavy atom. The molecular formula is C22H19NO5. The van der Waals surface area contributed by atoms with Crippen LogP contribution in [-0.4, -0.2) is 35.2 Å². The van der Waals surface area contributed by atoms with Gasteiger partial charge in [0.1, 0.15) is 11.3 Å². The van der Waals surface area contributed by atoms with E-state index in [1.54, 1.807) is 47.4 Å². The van der Waals surface area contributed by atoms with Gasteiger partial charge in [-0.25, -0.2) is 0 Å². The van der Waals surface area contributed by atoms with E-state index in [9.17, 15) is 14.7 Å². The third-order valence-electron chi connectivity index (χ3n) is 5.48. The zero-order valence-corrected chi connectivity index (χ0v) is 15.1. The van der Waals surface area contributed by atoms with Crippen molar-refractivity contribution in [1.82, 2.24) is 4.90 Å². The van der Waals surface area contributed by atoms with Gasteiger partial charge in [0.15, 0.2) is 5.43 Å². The minimum Gasteiger partial charge on any atom is -0.508 e. The van der Waals surface area contributed by atoms with E-state index in [0.717, 1.165) is 12.8 Å².